The highest BCUT2D eigenvalue weighted by molar-refractivity contribution is 7.13. The predicted octanol–water partition coefficient (Wildman–Crippen LogP) is 3.56. The largest absolute Gasteiger partial charge is 0.497 e. The minimum absolute atomic E-state index is 0.224. The van der Waals surface area contributed by atoms with Crippen molar-refractivity contribution in [1.82, 2.24) is 15.1 Å². The van der Waals surface area contributed by atoms with Gasteiger partial charge in [-0.1, -0.05) is 31.1 Å². The lowest BCUT2D eigenvalue weighted by atomic mass is 10.2. The Morgan fingerprint density at radius 2 is 2.00 bits per heavy atom. The Balaban J connectivity index is 1.60. The van der Waals surface area contributed by atoms with Gasteiger partial charge >= 0.3 is 0 Å². The molecule has 0 saturated heterocycles. The number of hydrogen-bond donors (Lipinski definition) is 1. The van der Waals surface area contributed by atoms with Gasteiger partial charge in [-0.15, -0.1) is 10.2 Å². The molecular weight excluding hydrogens is 336 g/mol. The number of anilines is 1. The van der Waals surface area contributed by atoms with Crippen molar-refractivity contribution >= 4 is 22.9 Å². The van der Waals surface area contributed by atoms with E-state index < -0.39 is 0 Å². The van der Waals surface area contributed by atoms with E-state index in [1.807, 2.05) is 12.1 Å². The molecule has 1 fully saturated rings. The summed E-state index contributed by atoms with van der Waals surface area (Å²) in [6.45, 7) is 3.95. The smallest absolute Gasteiger partial charge is 0.286 e. The second-order valence-electron chi connectivity index (χ2n) is 6.18. The van der Waals surface area contributed by atoms with Gasteiger partial charge in [-0.25, -0.2) is 0 Å². The summed E-state index contributed by atoms with van der Waals surface area (Å²) in [6, 6.07) is 7.87. The summed E-state index contributed by atoms with van der Waals surface area (Å²) in [7, 11) is 1.61. The molecular formula is C18H24N4O2S. The van der Waals surface area contributed by atoms with Crippen molar-refractivity contribution in [2.75, 3.05) is 19.0 Å². The monoisotopic (exact) mass is 360 g/mol. The average Bonchev–Trinajstić information content (AvgIpc) is 3.32. The van der Waals surface area contributed by atoms with Crippen molar-refractivity contribution in [2.24, 2.45) is 0 Å². The molecule has 134 valence electrons. The Morgan fingerprint density at radius 1 is 1.28 bits per heavy atom. The molecule has 0 atom stereocenters. The molecule has 1 aromatic carbocycles. The van der Waals surface area contributed by atoms with Crippen LogP contribution in [0.5, 0.6) is 5.75 Å². The van der Waals surface area contributed by atoms with Crippen LogP contribution in [-0.4, -0.2) is 40.7 Å². The number of aromatic nitrogens is 2. The van der Waals surface area contributed by atoms with Gasteiger partial charge in [0.2, 0.25) is 5.01 Å². The Kier molecular flexibility index (Phi) is 5.99. The van der Waals surface area contributed by atoms with E-state index in [-0.39, 0.29) is 5.91 Å². The Bertz CT molecular complexity index is 695. The topological polar surface area (TPSA) is 67.4 Å². The van der Waals surface area contributed by atoms with Crippen LogP contribution in [0.1, 0.15) is 47.4 Å². The maximum absolute atomic E-state index is 12.3. The lowest BCUT2D eigenvalue weighted by Crippen LogP contribution is -2.32. The lowest BCUT2D eigenvalue weighted by molar-refractivity contribution is 0.102. The van der Waals surface area contributed by atoms with Crippen molar-refractivity contribution in [3.63, 3.8) is 0 Å². The van der Waals surface area contributed by atoms with Gasteiger partial charge in [0.25, 0.3) is 5.91 Å². The van der Waals surface area contributed by atoms with E-state index in [2.05, 4.69) is 27.3 Å². The highest BCUT2D eigenvalue weighted by Crippen LogP contribution is 2.25. The van der Waals surface area contributed by atoms with Gasteiger partial charge in [0.15, 0.2) is 0 Å². The van der Waals surface area contributed by atoms with Crippen LogP contribution >= 0.6 is 11.3 Å². The number of amides is 1. The van der Waals surface area contributed by atoms with Crippen LogP contribution < -0.4 is 10.1 Å². The second-order valence-corrected chi connectivity index (χ2v) is 7.25. The molecule has 25 heavy (non-hydrogen) atoms. The first-order chi connectivity index (χ1) is 12.2. The van der Waals surface area contributed by atoms with Crippen LogP contribution in [-0.2, 0) is 6.54 Å². The third-order valence-corrected chi connectivity index (χ3v) is 5.50. The molecule has 1 saturated carbocycles. The molecule has 1 aliphatic carbocycles. The van der Waals surface area contributed by atoms with Crippen molar-refractivity contribution in [1.29, 1.82) is 0 Å². The fourth-order valence-electron chi connectivity index (χ4n) is 3.21. The number of carbonyl (C=O) groups excluding carboxylic acids is 1. The summed E-state index contributed by atoms with van der Waals surface area (Å²) in [5.74, 6) is 0.528. The molecule has 3 rings (SSSR count). The molecule has 7 heteroatoms. The minimum Gasteiger partial charge on any atom is -0.497 e. The first-order valence-corrected chi connectivity index (χ1v) is 9.53. The van der Waals surface area contributed by atoms with E-state index >= 15 is 0 Å². The van der Waals surface area contributed by atoms with Gasteiger partial charge in [-0.3, -0.25) is 9.69 Å². The van der Waals surface area contributed by atoms with Gasteiger partial charge < -0.3 is 10.1 Å². The zero-order valence-electron chi connectivity index (χ0n) is 14.7. The molecule has 1 amide bonds. The van der Waals surface area contributed by atoms with Gasteiger partial charge in [0, 0.05) is 11.7 Å². The van der Waals surface area contributed by atoms with Crippen LogP contribution in [0.15, 0.2) is 24.3 Å². The molecule has 0 unspecified atom stereocenters. The third-order valence-electron chi connectivity index (χ3n) is 4.59. The maximum Gasteiger partial charge on any atom is 0.286 e. The van der Waals surface area contributed by atoms with Crippen LogP contribution in [0, 0.1) is 0 Å². The Hall–Kier alpha value is -1.99. The summed E-state index contributed by atoms with van der Waals surface area (Å²) < 4.78 is 5.11. The standard InChI is InChI=1S/C18H24N4O2S/c1-3-22(14-6-4-5-7-14)12-16-20-21-18(25-16)17(23)19-13-8-10-15(24-2)11-9-13/h8-11,14H,3-7,12H2,1-2H3,(H,19,23). The number of carbonyl (C=O) groups is 1. The van der Waals surface area contributed by atoms with Crippen molar-refractivity contribution < 1.29 is 9.53 Å². The number of nitrogens with one attached hydrogen (secondary N) is 1. The Labute approximate surface area is 152 Å². The molecule has 1 aliphatic rings. The quantitative estimate of drug-likeness (QED) is 0.818. The maximum atomic E-state index is 12.3. The normalized spacial score (nSPS) is 14.8. The SMILES string of the molecule is CCN(Cc1nnc(C(=O)Nc2ccc(OC)cc2)s1)C1CCCC1. The zero-order valence-corrected chi connectivity index (χ0v) is 15.5. The van der Waals surface area contributed by atoms with Gasteiger partial charge in [-0.2, -0.15) is 0 Å². The highest BCUT2D eigenvalue weighted by atomic mass is 32.1. The lowest BCUT2D eigenvalue weighted by Gasteiger charge is -2.25. The minimum atomic E-state index is -0.224. The average molecular weight is 360 g/mol. The predicted molar refractivity (Wildman–Crippen MR) is 99.2 cm³/mol. The van der Waals surface area contributed by atoms with Crippen LogP contribution in [0.4, 0.5) is 5.69 Å². The Morgan fingerprint density at radius 3 is 2.64 bits per heavy atom. The van der Waals surface area contributed by atoms with Gasteiger partial charge in [-0.05, 0) is 43.7 Å². The van der Waals surface area contributed by atoms with Crippen molar-refractivity contribution in [2.45, 2.75) is 45.2 Å². The summed E-state index contributed by atoms with van der Waals surface area (Å²) in [5.41, 5.74) is 0.712. The summed E-state index contributed by atoms with van der Waals surface area (Å²) in [4.78, 5) is 14.8. The van der Waals surface area contributed by atoms with E-state index in [9.17, 15) is 4.79 Å². The molecule has 2 aromatic rings. The number of nitrogens with zero attached hydrogens (tertiary/aromatic N) is 3. The molecule has 1 aromatic heterocycles. The molecule has 0 aliphatic heterocycles. The van der Waals surface area contributed by atoms with E-state index in [4.69, 9.17) is 4.74 Å². The fraction of sp³-hybridized carbons (Fsp3) is 0.500. The zero-order chi connectivity index (χ0) is 17.6. The van der Waals surface area contributed by atoms with Crippen LogP contribution in [0.3, 0.4) is 0 Å². The van der Waals surface area contributed by atoms with Crippen LogP contribution in [0.2, 0.25) is 0 Å². The summed E-state index contributed by atoms with van der Waals surface area (Å²) in [5, 5.41) is 12.4. The number of methoxy groups -OCH3 is 1. The molecule has 0 spiro atoms. The number of benzene rings is 1. The number of hydrogen-bond acceptors (Lipinski definition) is 6. The first-order valence-electron chi connectivity index (χ1n) is 8.71. The number of ether oxygens (including phenoxy) is 1. The summed E-state index contributed by atoms with van der Waals surface area (Å²) in [6.07, 6.45) is 5.15. The van der Waals surface area contributed by atoms with Gasteiger partial charge in [0.05, 0.1) is 13.7 Å². The van der Waals surface area contributed by atoms with E-state index in [1.54, 1.807) is 19.2 Å². The second kappa shape index (κ2) is 8.40. The van der Waals surface area contributed by atoms with Crippen molar-refractivity contribution in [3.8, 4) is 5.75 Å². The van der Waals surface area contributed by atoms with E-state index in [0.29, 0.717) is 16.7 Å². The molecule has 0 bridgehead atoms. The molecule has 1 heterocycles. The fourth-order valence-corrected chi connectivity index (χ4v) is 3.97. The van der Waals surface area contributed by atoms with E-state index in [1.165, 1.54) is 37.0 Å². The molecule has 6 nitrogen and oxygen atoms in total. The van der Waals surface area contributed by atoms with E-state index in [0.717, 1.165) is 23.8 Å². The summed E-state index contributed by atoms with van der Waals surface area (Å²) >= 11 is 1.37. The first kappa shape index (κ1) is 17.8. The molecule has 1 N–H and O–H groups in total. The highest BCUT2D eigenvalue weighted by Gasteiger charge is 2.23. The third kappa shape index (κ3) is 4.55. The molecule has 0 radical (unpaired) electrons. The van der Waals surface area contributed by atoms with Crippen LogP contribution in [0.25, 0.3) is 0 Å². The number of rotatable bonds is 7. The van der Waals surface area contributed by atoms with Gasteiger partial charge in [0.1, 0.15) is 10.8 Å². The van der Waals surface area contributed by atoms with Crippen molar-refractivity contribution in [3.05, 3.63) is 34.3 Å².